The molecule has 0 bridgehead atoms. The first-order valence-electron chi connectivity index (χ1n) is 7.39. The summed E-state index contributed by atoms with van der Waals surface area (Å²) in [6.07, 6.45) is -0.835. The highest BCUT2D eigenvalue weighted by Crippen LogP contribution is 2.17. The Morgan fingerprint density at radius 1 is 1.08 bits per heavy atom. The third-order valence-corrected chi connectivity index (χ3v) is 3.39. The molecule has 126 valence electrons. The van der Waals surface area contributed by atoms with E-state index in [1.807, 2.05) is 19.1 Å². The number of carbonyl (C=O) groups is 2. The summed E-state index contributed by atoms with van der Waals surface area (Å²) in [6, 6.07) is 13.9. The molecule has 1 atom stereocenters. The second-order valence-electron chi connectivity index (χ2n) is 5.24. The van der Waals surface area contributed by atoms with Crippen LogP contribution in [0.1, 0.15) is 12.5 Å². The van der Waals surface area contributed by atoms with Crippen molar-refractivity contribution < 1.29 is 19.1 Å². The van der Waals surface area contributed by atoms with Crippen LogP contribution >= 0.6 is 11.6 Å². The molecule has 0 aliphatic rings. The van der Waals surface area contributed by atoms with Crippen LogP contribution in [0.15, 0.2) is 48.5 Å². The molecule has 0 saturated carbocycles. The molecule has 2 aromatic rings. The molecule has 2 rings (SSSR count). The number of hydrogen-bond acceptors (Lipinski definition) is 4. The predicted molar refractivity (Wildman–Crippen MR) is 92.3 cm³/mol. The van der Waals surface area contributed by atoms with Gasteiger partial charge in [-0.1, -0.05) is 29.3 Å². The van der Waals surface area contributed by atoms with Gasteiger partial charge in [0.2, 0.25) is 0 Å². The van der Waals surface area contributed by atoms with E-state index in [0.717, 1.165) is 5.56 Å². The van der Waals surface area contributed by atoms with Gasteiger partial charge >= 0.3 is 5.97 Å². The topological polar surface area (TPSA) is 64.6 Å². The van der Waals surface area contributed by atoms with Crippen LogP contribution in [0.5, 0.6) is 5.75 Å². The number of nitrogens with one attached hydrogen (secondary N) is 1. The average Bonchev–Trinajstić information content (AvgIpc) is 2.57. The highest BCUT2D eigenvalue weighted by molar-refractivity contribution is 6.30. The van der Waals surface area contributed by atoms with Crippen molar-refractivity contribution in [2.75, 3.05) is 11.9 Å². The Labute approximate surface area is 145 Å². The molecular formula is C18H18ClNO4. The highest BCUT2D eigenvalue weighted by atomic mass is 35.5. The van der Waals surface area contributed by atoms with Gasteiger partial charge < -0.3 is 14.8 Å². The lowest BCUT2D eigenvalue weighted by molar-refractivity contribution is -0.153. The largest absolute Gasteiger partial charge is 0.479 e. The van der Waals surface area contributed by atoms with Gasteiger partial charge in [0.15, 0.2) is 12.7 Å². The van der Waals surface area contributed by atoms with Gasteiger partial charge in [-0.05, 0) is 50.2 Å². The molecule has 1 amide bonds. The van der Waals surface area contributed by atoms with E-state index in [-0.39, 0.29) is 6.61 Å². The van der Waals surface area contributed by atoms with Crippen LogP contribution in [0, 0.1) is 6.92 Å². The van der Waals surface area contributed by atoms with Gasteiger partial charge in [-0.2, -0.15) is 0 Å². The Morgan fingerprint density at radius 3 is 2.33 bits per heavy atom. The smallest absolute Gasteiger partial charge is 0.347 e. The highest BCUT2D eigenvalue weighted by Gasteiger charge is 2.17. The molecule has 6 heteroatoms. The zero-order valence-electron chi connectivity index (χ0n) is 13.4. The first-order valence-corrected chi connectivity index (χ1v) is 7.77. The van der Waals surface area contributed by atoms with E-state index in [4.69, 9.17) is 21.1 Å². The summed E-state index contributed by atoms with van der Waals surface area (Å²) in [4.78, 5) is 23.6. The number of carbonyl (C=O) groups excluding carboxylic acids is 2. The lowest BCUT2D eigenvalue weighted by Gasteiger charge is -2.14. The van der Waals surface area contributed by atoms with Crippen LogP contribution in [0.3, 0.4) is 0 Å². The molecule has 0 unspecified atom stereocenters. The van der Waals surface area contributed by atoms with E-state index in [9.17, 15) is 9.59 Å². The normalized spacial score (nSPS) is 11.5. The zero-order chi connectivity index (χ0) is 17.5. The predicted octanol–water partition coefficient (Wildman–Crippen LogP) is 3.60. The molecule has 0 heterocycles. The summed E-state index contributed by atoms with van der Waals surface area (Å²) in [5.74, 6) is -0.539. The van der Waals surface area contributed by atoms with Crippen LogP contribution < -0.4 is 10.1 Å². The van der Waals surface area contributed by atoms with Gasteiger partial charge in [-0.3, -0.25) is 4.79 Å². The Morgan fingerprint density at radius 2 is 1.71 bits per heavy atom. The molecular weight excluding hydrogens is 330 g/mol. The minimum atomic E-state index is -0.835. The van der Waals surface area contributed by atoms with Crippen molar-refractivity contribution in [1.29, 1.82) is 0 Å². The van der Waals surface area contributed by atoms with Crippen LogP contribution in [-0.2, 0) is 14.3 Å². The van der Waals surface area contributed by atoms with E-state index < -0.39 is 18.0 Å². The number of ether oxygens (including phenoxy) is 2. The molecule has 0 spiro atoms. The Kier molecular flexibility index (Phi) is 6.21. The summed E-state index contributed by atoms with van der Waals surface area (Å²) in [7, 11) is 0. The second kappa shape index (κ2) is 8.36. The van der Waals surface area contributed by atoms with Gasteiger partial charge in [0, 0.05) is 10.7 Å². The van der Waals surface area contributed by atoms with Gasteiger partial charge in [-0.25, -0.2) is 4.79 Å². The number of aryl methyl sites for hydroxylation is 1. The van der Waals surface area contributed by atoms with E-state index in [1.165, 1.54) is 0 Å². The molecule has 0 radical (unpaired) electrons. The maximum Gasteiger partial charge on any atom is 0.347 e. The monoisotopic (exact) mass is 347 g/mol. The van der Waals surface area contributed by atoms with E-state index in [2.05, 4.69) is 5.32 Å². The first kappa shape index (κ1) is 17.8. The fraction of sp³-hybridized carbons (Fsp3) is 0.222. The molecule has 2 aromatic carbocycles. The second-order valence-corrected chi connectivity index (χ2v) is 5.67. The van der Waals surface area contributed by atoms with Crippen molar-refractivity contribution in [1.82, 2.24) is 0 Å². The Bertz CT molecular complexity index is 698. The van der Waals surface area contributed by atoms with Crippen LogP contribution in [0.25, 0.3) is 0 Å². The zero-order valence-corrected chi connectivity index (χ0v) is 14.2. The summed E-state index contributed by atoms with van der Waals surface area (Å²) < 4.78 is 10.4. The Balaban J connectivity index is 1.77. The van der Waals surface area contributed by atoms with Gasteiger partial charge in [0.25, 0.3) is 5.91 Å². The minimum Gasteiger partial charge on any atom is -0.479 e. The maximum absolute atomic E-state index is 11.9. The number of esters is 1. The van der Waals surface area contributed by atoms with E-state index >= 15 is 0 Å². The standard InChI is InChI=1S/C18H18ClNO4/c1-12-3-7-15(8-4-12)20-17(21)11-23-18(22)13(2)24-16-9-5-14(19)6-10-16/h3-10,13H,11H2,1-2H3,(H,20,21)/t13-/m0/s1. The molecule has 24 heavy (non-hydrogen) atoms. The molecule has 0 fully saturated rings. The van der Waals surface area contributed by atoms with Crippen LogP contribution in [-0.4, -0.2) is 24.6 Å². The Hall–Kier alpha value is -2.53. The van der Waals surface area contributed by atoms with E-state index in [1.54, 1.807) is 43.3 Å². The minimum absolute atomic E-state index is 0.374. The SMILES string of the molecule is Cc1ccc(NC(=O)COC(=O)[C@H](C)Oc2ccc(Cl)cc2)cc1. The van der Waals surface area contributed by atoms with Crippen LogP contribution in [0.4, 0.5) is 5.69 Å². The first-order chi connectivity index (χ1) is 11.4. The number of amides is 1. The number of hydrogen-bond donors (Lipinski definition) is 1. The van der Waals surface area contributed by atoms with E-state index in [0.29, 0.717) is 16.5 Å². The number of halogens is 1. The molecule has 1 N–H and O–H groups in total. The van der Waals surface area contributed by atoms with Crippen molar-refractivity contribution in [2.24, 2.45) is 0 Å². The molecule has 5 nitrogen and oxygen atoms in total. The molecule has 0 aromatic heterocycles. The molecule has 0 aliphatic carbocycles. The quantitative estimate of drug-likeness (QED) is 0.811. The van der Waals surface area contributed by atoms with Crippen molar-refractivity contribution in [3.05, 3.63) is 59.1 Å². The van der Waals surface area contributed by atoms with Crippen molar-refractivity contribution in [2.45, 2.75) is 20.0 Å². The summed E-state index contributed by atoms with van der Waals surface area (Å²) >= 11 is 5.78. The van der Waals surface area contributed by atoms with Crippen molar-refractivity contribution in [3.63, 3.8) is 0 Å². The number of rotatable bonds is 6. The lowest BCUT2D eigenvalue weighted by Crippen LogP contribution is -2.29. The van der Waals surface area contributed by atoms with Crippen LogP contribution in [0.2, 0.25) is 5.02 Å². The maximum atomic E-state index is 11.9. The summed E-state index contributed by atoms with van der Waals surface area (Å²) in [6.45, 7) is 3.13. The molecule has 0 aliphatic heterocycles. The number of benzene rings is 2. The lowest BCUT2D eigenvalue weighted by atomic mass is 10.2. The number of anilines is 1. The summed E-state index contributed by atoms with van der Waals surface area (Å²) in [5.41, 5.74) is 1.74. The molecule has 0 saturated heterocycles. The van der Waals surface area contributed by atoms with Gasteiger partial charge in [-0.15, -0.1) is 0 Å². The fourth-order valence-electron chi connectivity index (χ4n) is 1.85. The van der Waals surface area contributed by atoms with Crippen molar-refractivity contribution >= 4 is 29.2 Å². The summed E-state index contributed by atoms with van der Waals surface area (Å²) in [5, 5.41) is 3.22. The van der Waals surface area contributed by atoms with Gasteiger partial charge in [0.1, 0.15) is 5.75 Å². The van der Waals surface area contributed by atoms with Gasteiger partial charge in [0.05, 0.1) is 0 Å². The fourth-order valence-corrected chi connectivity index (χ4v) is 1.98. The van der Waals surface area contributed by atoms with Crippen molar-refractivity contribution in [3.8, 4) is 5.75 Å². The third-order valence-electron chi connectivity index (χ3n) is 3.14. The third kappa shape index (κ3) is 5.59. The average molecular weight is 348 g/mol.